The number of alkyl halides is 2. The lowest BCUT2D eigenvalue weighted by atomic mass is 9.92. The van der Waals surface area contributed by atoms with E-state index in [2.05, 4.69) is 10.6 Å². The summed E-state index contributed by atoms with van der Waals surface area (Å²) >= 11 is 0. The minimum absolute atomic E-state index is 0.161. The summed E-state index contributed by atoms with van der Waals surface area (Å²) in [7, 11) is 1.55. The van der Waals surface area contributed by atoms with Crippen LogP contribution >= 0.6 is 0 Å². The number of nitrogens with one attached hydrogen (secondary N) is 2. The fourth-order valence-electron chi connectivity index (χ4n) is 4.77. The van der Waals surface area contributed by atoms with Crippen LogP contribution in [0.3, 0.4) is 0 Å². The van der Waals surface area contributed by atoms with Gasteiger partial charge in [0.15, 0.2) is 0 Å². The maximum Gasteiger partial charge on any atom is 0.342 e. The monoisotopic (exact) mass is 521 g/mol. The van der Waals surface area contributed by atoms with Gasteiger partial charge in [-0.05, 0) is 55.7 Å². The first-order valence-corrected chi connectivity index (χ1v) is 12.3. The first-order chi connectivity index (χ1) is 18.0. The van der Waals surface area contributed by atoms with E-state index in [0.29, 0.717) is 27.5 Å². The minimum atomic E-state index is -3.03. The number of amides is 1. The zero-order chi connectivity index (χ0) is 27.8. The van der Waals surface area contributed by atoms with Gasteiger partial charge in [-0.25, -0.2) is 8.78 Å². The molecule has 1 aliphatic rings. The number of nitrogens with zero attached hydrogens (tertiary/aromatic N) is 1. The lowest BCUT2D eigenvalue weighted by Crippen LogP contribution is -2.25. The molecular weight excluding hydrogens is 490 g/mol. The van der Waals surface area contributed by atoms with Crippen LogP contribution in [-0.2, 0) is 10.7 Å². The number of rotatable bonds is 7. The second-order valence-electron chi connectivity index (χ2n) is 9.39. The van der Waals surface area contributed by atoms with E-state index in [1.807, 2.05) is 32.0 Å². The standard InChI is InChI=1S/C29H30F2N4O3/c1-6-29(30,31)19-11-8-12-20(13-19)34-28(36)26-18(4)33-27(35(26)37)21-14-22(24(38-5)15-23(21)32)25-16(2)9-7-10-17(25)3/h7-15,27H,6,32H2,1-5H3,(H-,33,34,36,37)/p+1. The molecule has 4 rings (SSSR count). The molecule has 1 heterocycles. The van der Waals surface area contributed by atoms with E-state index in [1.54, 1.807) is 26.2 Å². The molecule has 4 N–H and O–H groups in total. The van der Waals surface area contributed by atoms with Gasteiger partial charge < -0.3 is 21.1 Å². The number of halogens is 2. The summed E-state index contributed by atoms with van der Waals surface area (Å²) in [5, 5.41) is 5.63. The molecule has 1 amide bonds. The number of benzene rings is 3. The molecule has 3 aromatic carbocycles. The van der Waals surface area contributed by atoms with E-state index < -0.39 is 18.0 Å². The van der Waals surface area contributed by atoms with Crippen LogP contribution in [0.5, 0.6) is 5.75 Å². The van der Waals surface area contributed by atoms with Crippen LogP contribution in [0.4, 0.5) is 20.2 Å². The number of carbonyl (C=O) groups is 1. The van der Waals surface area contributed by atoms with E-state index in [0.717, 1.165) is 22.3 Å². The summed E-state index contributed by atoms with van der Waals surface area (Å²) in [6, 6.07) is 14.9. The molecule has 1 aliphatic heterocycles. The molecule has 1 atom stereocenters. The highest BCUT2D eigenvalue weighted by atomic mass is 19.3. The molecule has 0 bridgehead atoms. The topological polar surface area (TPSA) is 96.5 Å². The summed E-state index contributed by atoms with van der Waals surface area (Å²) in [5.74, 6) is -3.18. The Balaban J connectivity index is 1.66. The Bertz CT molecular complexity index is 1450. The molecule has 198 valence electrons. The third-order valence-electron chi connectivity index (χ3n) is 6.82. The third kappa shape index (κ3) is 4.83. The Morgan fingerprint density at radius 1 is 1.11 bits per heavy atom. The molecule has 7 nitrogen and oxygen atoms in total. The summed E-state index contributed by atoms with van der Waals surface area (Å²) in [4.78, 5) is 26.6. The number of allylic oxidation sites excluding steroid dienone is 1. The van der Waals surface area contributed by atoms with Gasteiger partial charge >= 0.3 is 17.8 Å². The number of nitrogens with two attached hydrogens (primary N) is 1. The van der Waals surface area contributed by atoms with Gasteiger partial charge in [0.2, 0.25) is 0 Å². The van der Waals surface area contributed by atoms with Gasteiger partial charge in [0.25, 0.3) is 5.92 Å². The Labute approximate surface area is 220 Å². The SMILES string of the molecule is CCC(F)(F)c1cccc(NC(=O)C2=C(C)NC(c3cc(-c4c(C)cccc4C)c(OC)cc3N)[N+]2=O)c1. The predicted octanol–water partition coefficient (Wildman–Crippen LogP) is 6.31. The summed E-state index contributed by atoms with van der Waals surface area (Å²) in [6.45, 7) is 6.97. The van der Waals surface area contributed by atoms with Gasteiger partial charge in [-0.1, -0.05) is 37.3 Å². The lowest BCUT2D eigenvalue weighted by molar-refractivity contribution is -0.534. The lowest BCUT2D eigenvalue weighted by Gasteiger charge is -2.17. The Morgan fingerprint density at radius 3 is 2.39 bits per heavy atom. The molecule has 0 aliphatic carbocycles. The molecule has 38 heavy (non-hydrogen) atoms. The second-order valence-corrected chi connectivity index (χ2v) is 9.39. The van der Waals surface area contributed by atoms with E-state index in [4.69, 9.17) is 10.5 Å². The minimum Gasteiger partial charge on any atom is -0.496 e. The zero-order valence-corrected chi connectivity index (χ0v) is 22.0. The van der Waals surface area contributed by atoms with Crippen molar-refractivity contribution in [2.45, 2.75) is 46.2 Å². The second kappa shape index (κ2) is 10.2. The Hall–Kier alpha value is -4.27. The number of ether oxygens (including phenoxy) is 1. The normalized spacial score (nSPS) is 15.4. The smallest absolute Gasteiger partial charge is 0.342 e. The number of carbonyl (C=O) groups excluding carboxylic acids is 1. The van der Waals surface area contributed by atoms with Crippen molar-refractivity contribution in [2.75, 3.05) is 18.2 Å². The number of nitrogen functional groups attached to an aromatic ring is 1. The van der Waals surface area contributed by atoms with Gasteiger partial charge in [0.05, 0.1) is 23.1 Å². The first-order valence-electron chi connectivity index (χ1n) is 12.3. The van der Waals surface area contributed by atoms with Crippen LogP contribution in [0.1, 0.15) is 48.7 Å². The van der Waals surface area contributed by atoms with E-state index in [1.165, 1.54) is 31.2 Å². The van der Waals surface area contributed by atoms with Crippen molar-refractivity contribution in [3.05, 3.63) is 93.2 Å². The number of aryl methyl sites for hydroxylation is 2. The number of nitroso groups, excluding NO2 is 1. The molecule has 1 unspecified atom stereocenters. The van der Waals surface area contributed by atoms with Gasteiger partial charge in [-0.2, -0.15) is 0 Å². The summed E-state index contributed by atoms with van der Waals surface area (Å²) in [5.41, 5.74) is 11.1. The van der Waals surface area contributed by atoms with E-state index in [-0.39, 0.29) is 23.4 Å². The average Bonchev–Trinajstić information content (AvgIpc) is 3.17. The van der Waals surface area contributed by atoms with Gasteiger partial charge in [-0.15, -0.1) is 0 Å². The quantitative estimate of drug-likeness (QED) is 0.250. The maximum absolute atomic E-state index is 14.2. The third-order valence-corrected chi connectivity index (χ3v) is 6.82. The van der Waals surface area contributed by atoms with Crippen molar-refractivity contribution in [2.24, 2.45) is 0 Å². The molecule has 0 fully saturated rings. The Kier molecular flexibility index (Phi) is 7.22. The zero-order valence-electron chi connectivity index (χ0n) is 22.0. The first kappa shape index (κ1) is 26.8. The van der Waals surface area contributed by atoms with Crippen LogP contribution in [-0.4, -0.2) is 17.8 Å². The van der Waals surface area contributed by atoms with Crippen LogP contribution < -0.4 is 21.1 Å². The van der Waals surface area contributed by atoms with Crippen molar-refractivity contribution in [3.63, 3.8) is 0 Å². The number of hydrogen-bond acceptors (Lipinski definition) is 5. The molecule has 9 heteroatoms. The summed E-state index contributed by atoms with van der Waals surface area (Å²) in [6.07, 6.45) is -1.34. The van der Waals surface area contributed by atoms with Gasteiger partial charge in [-0.3, -0.25) is 4.79 Å². The molecule has 3 aromatic rings. The van der Waals surface area contributed by atoms with Crippen LogP contribution in [0.15, 0.2) is 66.0 Å². The van der Waals surface area contributed by atoms with Gasteiger partial charge in [0, 0.05) is 39.9 Å². The average molecular weight is 522 g/mol. The van der Waals surface area contributed by atoms with Gasteiger partial charge in [0.1, 0.15) is 5.75 Å². The summed E-state index contributed by atoms with van der Waals surface area (Å²) < 4.78 is 34.5. The van der Waals surface area contributed by atoms with Crippen molar-refractivity contribution in [3.8, 4) is 16.9 Å². The van der Waals surface area contributed by atoms with Crippen molar-refractivity contribution >= 4 is 17.3 Å². The molecule has 0 saturated heterocycles. The molecule has 0 aromatic heterocycles. The highest BCUT2D eigenvalue weighted by Crippen LogP contribution is 2.41. The van der Waals surface area contributed by atoms with Crippen molar-refractivity contribution in [1.82, 2.24) is 5.32 Å². The molecule has 0 saturated carbocycles. The fraction of sp³-hybridized carbons (Fsp3) is 0.276. The van der Waals surface area contributed by atoms with Crippen molar-refractivity contribution in [1.29, 1.82) is 0 Å². The predicted molar refractivity (Wildman–Crippen MR) is 144 cm³/mol. The molecule has 0 spiro atoms. The van der Waals surface area contributed by atoms with E-state index >= 15 is 0 Å². The molecular formula is C29H31F2N4O3+. The van der Waals surface area contributed by atoms with Crippen LogP contribution in [0, 0.1) is 18.8 Å². The van der Waals surface area contributed by atoms with Crippen LogP contribution in [0.2, 0.25) is 0 Å². The highest BCUT2D eigenvalue weighted by Gasteiger charge is 2.46. The molecule has 0 radical (unpaired) electrons. The number of anilines is 2. The van der Waals surface area contributed by atoms with Crippen molar-refractivity contribution < 1.29 is 23.1 Å². The largest absolute Gasteiger partial charge is 0.496 e. The number of methoxy groups -OCH3 is 1. The van der Waals surface area contributed by atoms with E-state index in [9.17, 15) is 18.5 Å². The van der Waals surface area contributed by atoms with Crippen LogP contribution in [0.25, 0.3) is 11.1 Å². The number of hydrogen-bond donors (Lipinski definition) is 3. The maximum atomic E-state index is 14.2. The fourth-order valence-corrected chi connectivity index (χ4v) is 4.77. The Morgan fingerprint density at radius 2 is 1.76 bits per heavy atom. The highest BCUT2D eigenvalue weighted by molar-refractivity contribution is 6.02.